The molecule has 0 heterocycles. The summed E-state index contributed by atoms with van der Waals surface area (Å²) in [5.41, 5.74) is 1.49. The van der Waals surface area contributed by atoms with Gasteiger partial charge in [0.25, 0.3) is 0 Å². The van der Waals surface area contributed by atoms with E-state index in [1.165, 1.54) is 24.3 Å². The number of rotatable bonds is 7. The molecule has 6 nitrogen and oxygen atoms in total. The summed E-state index contributed by atoms with van der Waals surface area (Å²) in [4.78, 5) is 23.2. The van der Waals surface area contributed by atoms with E-state index in [0.29, 0.717) is 0 Å². The van der Waals surface area contributed by atoms with Crippen LogP contribution in [0, 0.1) is 0 Å². The molecule has 0 atom stereocenters. The number of benzene rings is 2. The summed E-state index contributed by atoms with van der Waals surface area (Å²) in [5.74, 6) is -0.711. The molecule has 6 heteroatoms. The van der Waals surface area contributed by atoms with Crippen molar-refractivity contribution in [2.45, 2.75) is 26.1 Å². The van der Waals surface area contributed by atoms with Crippen LogP contribution in [-0.2, 0) is 32.3 Å². The molecule has 0 amide bonds. The van der Waals surface area contributed by atoms with Gasteiger partial charge in [0.2, 0.25) is 0 Å². The van der Waals surface area contributed by atoms with Gasteiger partial charge in [-0.2, -0.15) is 0 Å². The molecule has 2 rings (SSSR count). The maximum atomic E-state index is 11.6. The Labute approximate surface area is 139 Å². The van der Waals surface area contributed by atoms with Gasteiger partial charge >= 0.3 is 11.9 Å². The van der Waals surface area contributed by atoms with E-state index in [2.05, 4.69) is 0 Å². The standard InChI is InChI=1S/C18H18O6/c19-15-5-1-13(2-6-15)11-23-17(21)9-10-18(22)24-12-14-3-7-16(20)8-4-14/h1-8,19-20H,9-12H2. The minimum atomic E-state index is -0.496. The molecule has 0 aromatic heterocycles. The first-order valence-corrected chi connectivity index (χ1v) is 7.40. The molecule has 0 unspecified atom stereocenters. The van der Waals surface area contributed by atoms with E-state index in [1.54, 1.807) is 24.3 Å². The molecule has 0 radical (unpaired) electrons. The quantitative estimate of drug-likeness (QED) is 0.758. The van der Waals surface area contributed by atoms with Crippen molar-refractivity contribution in [3.05, 3.63) is 59.7 Å². The number of phenols is 2. The highest BCUT2D eigenvalue weighted by Gasteiger charge is 2.10. The second-order valence-corrected chi connectivity index (χ2v) is 5.15. The Morgan fingerprint density at radius 2 is 1.00 bits per heavy atom. The minimum absolute atomic E-state index is 0.0630. The molecule has 0 bridgehead atoms. The number of esters is 2. The third-order valence-electron chi connectivity index (χ3n) is 3.21. The minimum Gasteiger partial charge on any atom is -0.508 e. The molecule has 2 aromatic rings. The Kier molecular flexibility index (Phi) is 6.19. The van der Waals surface area contributed by atoms with Crippen LogP contribution in [0.1, 0.15) is 24.0 Å². The van der Waals surface area contributed by atoms with Crippen LogP contribution in [0.2, 0.25) is 0 Å². The van der Waals surface area contributed by atoms with Gasteiger partial charge in [-0.1, -0.05) is 24.3 Å². The fourth-order valence-electron chi connectivity index (χ4n) is 1.86. The Hall–Kier alpha value is -3.02. The fourth-order valence-corrected chi connectivity index (χ4v) is 1.86. The van der Waals surface area contributed by atoms with Gasteiger partial charge in [0.1, 0.15) is 24.7 Å². The van der Waals surface area contributed by atoms with Gasteiger partial charge in [0.05, 0.1) is 12.8 Å². The number of carbonyl (C=O) groups excluding carboxylic acids is 2. The average Bonchev–Trinajstić information content (AvgIpc) is 2.59. The van der Waals surface area contributed by atoms with E-state index in [4.69, 9.17) is 19.7 Å². The first-order valence-electron chi connectivity index (χ1n) is 7.40. The van der Waals surface area contributed by atoms with Gasteiger partial charge in [0.15, 0.2) is 0 Å². The van der Waals surface area contributed by atoms with Crippen LogP contribution < -0.4 is 0 Å². The molecule has 24 heavy (non-hydrogen) atoms. The lowest BCUT2D eigenvalue weighted by Crippen LogP contribution is -2.10. The summed E-state index contributed by atoms with van der Waals surface area (Å²) in [6.07, 6.45) is -0.126. The van der Waals surface area contributed by atoms with E-state index in [9.17, 15) is 9.59 Å². The van der Waals surface area contributed by atoms with E-state index >= 15 is 0 Å². The number of hydrogen-bond donors (Lipinski definition) is 2. The highest BCUT2D eigenvalue weighted by Crippen LogP contribution is 2.12. The normalized spacial score (nSPS) is 10.2. The summed E-state index contributed by atoms with van der Waals surface area (Å²) < 4.78 is 10.1. The molecule has 0 spiro atoms. The molecule has 126 valence electrons. The van der Waals surface area contributed by atoms with Gasteiger partial charge in [0, 0.05) is 0 Å². The summed E-state index contributed by atoms with van der Waals surface area (Å²) in [5, 5.41) is 18.3. The SMILES string of the molecule is O=C(CCC(=O)OCc1ccc(O)cc1)OCc1ccc(O)cc1. The van der Waals surface area contributed by atoms with Crippen LogP contribution in [-0.4, -0.2) is 22.2 Å². The highest BCUT2D eigenvalue weighted by molar-refractivity contribution is 5.77. The molecule has 0 aliphatic carbocycles. The van der Waals surface area contributed by atoms with Crippen molar-refractivity contribution in [2.75, 3.05) is 0 Å². The first-order chi connectivity index (χ1) is 11.5. The lowest BCUT2D eigenvalue weighted by atomic mass is 10.2. The van der Waals surface area contributed by atoms with Gasteiger partial charge in [-0.05, 0) is 35.4 Å². The third-order valence-corrected chi connectivity index (χ3v) is 3.21. The molecular formula is C18H18O6. The van der Waals surface area contributed by atoms with E-state index in [-0.39, 0.29) is 37.6 Å². The summed E-state index contributed by atoms with van der Waals surface area (Å²) >= 11 is 0. The number of aromatic hydroxyl groups is 2. The van der Waals surface area contributed by atoms with E-state index < -0.39 is 11.9 Å². The zero-order valence-electron chi connectivity index (χ0n) is 13.0. The van der Waals surface area contributed by atoms with E-state index in [0.717, 1.165) is 11.1 Å². The Morgan fingerprint density at radius 3 is 1.33 bits per heavy atom. The monoisotopic (exact) mass is 330 g/mol. The van der Waals surface area contributed by atoms with Crippen molar-refractivity contribution in [1.82, 2.24) is 0 Å². The predicted molar refractivity (Wildman–Crippen MR) is 85.0 cm³/mol. The van der Waals surface area contributed by atoms with Crippen LogP contribution in [0.25, 0.3) is 0 Å². The van der Waals surface area contributed by atoms with E-state index in [1.807, 2.05) is 0 Å². The molecule has 2 aromatic carbocycles. The smallest absolute Gasteiger partial charge is 0.306 e. The van der Waals surface area contributed by atoms with Crippen LogP contribution in [0.3, 0.4) is 0 Å². The van der Waals surface area contributed by atoms with Crippen LogP contribution in [0.4, 0.5) is 0 Å². The van der Waals surface area contributed by atoms with Crippen molar-refractivity contribution < 1.29 is 29.3 Å². The lowest BCUT2D eigenvalue weighted by molar-refractivity contribution is -0.151. The number of phenolic OH excluding ortho intramolecular Hbond substituents is 2. The Morgan fingerprint density at radius 1 is 0.667 bits per heavy atom. The molecule has 0 fully saturated rings. The topological polar surface area (TPSA) is 93.1 Å². The van der Waals surface area contributed by atoms with Crippen molar-refractivity contribution in [3.8, 4) is 11.5 Å². The summed E-state index contributed by atoms with van der Waals surface area (Å²) in [6, 6.07) is 12.6. The molecule has 2 N–H and O–H groups in total. The zero-order valence-corrected chi connectivity index (χ0v) is 13.0. The van der Waals surface area contributed by atoms with Crippen LogP contribution in [0.15, 0.2) is 48.5 Å². The number of ether oxygens (including phenoxy) is 2. The number of hydrogen-bond acceptors (Lipinski definition) is 6. The molecule has 0 aliphatic heterocycles. The van der Waals surface area contributed by atoms with Gasteiger partial charge in [-0.3, -0.25) is 9.59 Å². The van der Waals surface area contributed by atoms with Gasteiger partial charge in [-0.15, -0.1) is 0 Å². The average molecular weight is 330 g/mol. The predicted octanol–water partition coefficient (Wildman–Crippen LogP) is 2.66. The second-order valence-electron chi connectivity index (χ2n) is 5.15. The molecule has 0 saturated carbocycles. The van der Waals surface area contributed by atoms with Crippen LogP contribution in [0.5, 0.6) is 11.5 Å². The number of carbonyl (C=O) groups is 2. The zero-order chi connectivity index (χ0) is 17.4. The van der Waals surface area contributed by atoms with Crippen molar-refractivity contribution >= 4 is 11.9 Å². The lowest BCUT2D eigenvalue weighted by Gasteiger charge is -2.06. The summed E-state index contributed by atoms with van der Waals surface area (Å²) in [6.45, 7) is 0.170. The maximum Gasteiger partial charge on any atom is 0.306 e. The van der Waals surface area contributed by atoms with Crippen molar-refractivity contribution in [3.63, 3.8) is 0 Å². The molecular weight excluding hydrogens is 312 g/mol. The third kappa shape index (κ3) is 6.00. The second kappa shape index (κ2) is 8.57. The van der Waals surface area contributed by atoms with Crippen molar-refractivity contribution in [2.24, 2.45) is 0 Å². The largest absolute Gasteiger partial charge is 0.508 e. The molecule has 0 aliphatic rings. The Bertz CT molecular complexity index is 614. The van der Waals surface area contributed by atoms with Crippen molar-refractivity contribution in [1.29, 1.82) is 0 Å². The van der Waals surface area contributed by atoms with Gasteiger partial charge < -0.3 is 19.7 Å². The van der Waals surface area contributed by atoms with Crippen LogP contribution >= 0.6 is 0 Å². The Balaban J connectivity index is 1.64. The highest BCUT2D eigenvalue weighted by atomic mass is 16.5. The fraction of sp³-hybridized carbons (Fsp3) is 0.222. The molecule has 0 saturated heterocycles. The summed E-state index contributed by atoms with van der Waals surface area (Å²) in [7, 11) is 0. The maximum absolute atomic E-state index is 11.6. The van der Waals surface area contributed by atoms with Gasteiger partial charge in [-0.25, -0.2) is 0 Å². The first kappa shape index (κ1) is 17.3.